The van der Waals surface area contributed by atoms with Crippen molar-refractivity contribution in [2.24, 2.45) is 11.8 Å². The Balaban J connectivity index is 1.96. The monoisotopic (exact) mass is 383 g/mol. The van der Waals surface area contributed by atoms with Crippen molar-refractivity contribution in [2.45, 2.75) is 45.3 Å². The highest BCUT2D eigenvalue weighted by Gasteiger charge is 2.33. The van der Waals surface area contributed by atoms with E-state index in [0.717, 1.165) is 17.3 Å². The highest BCUT2D eigenvalue weighted by Crippen LogP contribution is 2.26. The number of nitrogens with two attached hydrogens (primary N) is 1. The molecule has 0 saturated carbocycles. The van der Waals surface area contributed by atoms with E-state index in [1.165, 1.54) is 5.56 Å². The Morgan fingerprint density at radius 3 is 2.78 bits per heavy atom. The summed E-state index contributed by atoms with van der Waals surface area (Å²) < 4.78 is 6.53. The zero-order valence-electron chi connectivity index (χ0n) is 14.0. The number of benzene rings is 1. The standard InChI is InChI=1S/C17H26BrN3O2/c1-17(2,3)23-16(22)21-9-8-13(11-21)15(20-19)10-12-6-4-5-7-14(12)18/h4-7,13,15,20H,8-11,19H2,1-3H3. The first-order chi connectivity index (χ1) is 10.8. The van der Waals surface area contributed by atoms with Crippen molar-refractivity contribution < 1.29 is 9.53 Å². The number of likely N-dealkylation sites (tertiary alicyclic amines) is 1. The summed E-state index contributed by atoms with van der Waals surface area (Å²) in [5.74, 6) is 6.09. The molecule has 1 aliphatic heterocycles. The molecule has 23 heavy (non-hydrogen) atoms. The van der Waals surface area contributed by atoms with Crippen LogP contribution in [0.25, 0.3) is 0 Å². The van der Waals surface area contributed by atoms with Crippen LogP contribution in [-0.4, -0.2) is 35.7 Å². The van der Waals surface area contributed by atoms with Crippen LogP contribution in [-0.2, 0) is 11.2 Å². The summed E-state index contributed by atoms with van der Waals surface area (Å²) in [5, 5.41) is 0. The van der Waals surface area contributed by atoms with Crippen molar-refractivity contribution in [3.8, 4) is 0 Å². The smallest absolute Gasteiger partial charge is 0.410 e. The van der Waals surface area contributed by atoms with Gasteiger partial charge in [0.15, 0.2) is 0 Å². The number of hydrogen-bond donors (Lipinski definition) is 2. The summed E-state index contributed by atoms with van der Waals surface area (Å²) in [6, 6.07) is 8.27. The fourth-order valence-electron chi connectivity index (χ4n) is 2.87. The van der Waals surface area contributed by atoms with Gasteiger partial charge in [0, 0.05) is 23.6 Å². The molecule has 1 amide bonds. The van der Waals surface area contributed by atoms with E-state index in [1.54, 1.807) is 4.90 Å². The SMILES string of the molecule is CC(C)(C)OC(=O)N1CCC(C(Cc2ccccc2Br)NN)C1. The van der Waals surface area contributed by atoms with Gasteiger partial charge >= 0.3 is 6.09 Å². The molecule has 0 aromatic heterocycles. The number of hydrazine groups is 1. The molecule has 2 rings (SSSR count). The maximum Gasteiger partial charge on any atom is 0.410 e. The quantitative estimate of drug-likeness (QED) is 0.619. The van der Waals surface area contributed by atoms with E-state index in [2.05, 4.69) is 27.4 Å². The highest BCUT2D eigenvalue weighted by atomic mass is 79.9. The summed E-state index contributed by atoms with van der Waals surface area (Å²) in [5.41, 5.74) is 3.68. The second-order valence-electron chi connectivity index (χ2n) is 7.04. The zero-order chi connectivity index (χ0) is 17.0. The molecule has 0 bridgehead atoms. The molecule has 128 valence electrons. The maximum atomic E-state index is 12.2. The van der Waals surface area contributed by atoms with Gasteiger partial charge in [0.2, 0.25) is 0 Å². The van der Waals surface area contributed by atoms with Crippen molar-refractivity contribution >= 4 is 22.0 Å². The second kappa shape index (κ2) is 7.64. The Hall–Kier alpha value is -1.11. The summed E-state index contributed by atoms with van der Waals surface area (Å²) in [6.45, 7) is 7.04. The first kappa shape index (κ1) is 18.2. The van der Waals surface area contributed by atoms with Gasteiger partial charge in [-0.15, -0.1) is 0 Å². The molecule has 0 aliphatic carbocycles. The summed E-state index contributed by atoms with van der Waals surface area (Å²) >= 11 is 3.58. The van der Waals surface area contributed by atoms with Gasteiger partial charge in [-0.2, -0.15) is 0 Å². The molecule has 2 atom stereocenters. The molecule has 1 aliphatic rings. The van der Waals surface area contributed by atoms with Gasteiger partial charge < -0.3 is 9.64 Å². The Bertz CT molecular complexity index is 545. The minimum atomic E-state index is -0.463. The van der Waals surface area contributed by atoms with E-state index in [4.69, 9.17) is 10.6 Å². The summed E-state index contributed by atoms with van der Waals surface area (Å²) in [7, 11) is 0. The fourth-order valence-corrected chi connectivity index (χ4v) is 3.32. The van der Waals surface area contributed by atoms with Gasteiger partial charge in [0.05, 0.1) is 0 Å². The van der Waals surface area contributed by atoms with Crippen LogP contribution in [0.4, 0.5) is 4.79 Å². The average molecular weight is 384 g/mol. The lowest BCUT2D eigenvalue weighted by Gasteiger charge is -2.26. The van der Waals surface area contributed by atoms with E-state index in [1.807, 2.05) is 39.0 Å². The third-order valence-electron chi connectivity index (χ3n) is 4.06. The van der Waals surface area contributed by atoms with Crippen LogP contribution in [0.2, 0.25) is 0 Å². The van der Waals surface area contributed by atoms with Crippen molar-refractivity contribution in [2.75, 3.05) is 13.1 Å². The number of nitrogens with one attached hydrogen (secondary N) is 1. The van der Waals surface area contributed by atoms with Crippen LogP contribution in [0, 0.1) is 5.92 Å². The third-order valence-corrected chi connectivity index (χ3v) is 4.83. The lowest BCUT2D eigenvalue weighted by molar-refractivity contribution is 0.0285. The molecule has 0 radical (unpaired) electrons. The van der Waals surface area contributed by atoms with E-state index < -0.39 is 5.60 Å². The summed E-state index contributed by atoms with van der Waals surface area (Å²) in [4.78, 5) is 14.0. The van der Waals surface area contributed by atoms with Gasteiger partial charge in [-0.05, 0) is 51.2 Å². The first-order valence-electron chi connectivity index (χ1n) is 7.97. The van der Waals surface area contributed by atoms with Crippen molar-refractivity contribution in [1.29, 1.82) is 0 Å². The molecular weight excluding hydrogens is 358 g/mol. The Morgan fingerprint density at radius 1 is 1.48 bits per heavy atom. The van der Waals surface area contributed by atoms with E-state index >= 15 is 0 Å². The lowest BCUT2D eigenvalue weighted by atomic mass is 9.93. The molecule has 1 saturated heterocycles. The lowest BCUT2D eigenvalue weighted by Crippen LogP contribution is -2.44. The Kier molecular flexibility index (Phi) is 6.06. The minimum absolute atomic E-state index is 0.126. The number of carbonyl (C=O) groups excluding carboxylic acids is 1. The zero-order valence-corrected chi connectivity index (χ0v) is 15.6. The molecule has 1 heterocycles. The predicted octanol–water partition coefficient (Wildman–Crippen LogP) is 3.08. The third kappa shape index (κ3) is 5.19. The predicted molar refractivity (Wildman–Crippen MR) is 94.9 cm³/mol. The highest BCUT2D eigenvalue weighted by molar-refractivity contribution is 9.10. The van der Waals surface area contributed by atoms with Gasteiger partial charge in [0.25, 0.3) is 0 Å². The molecule has 0 spiro atoms. The van der Waals surface area contributed by atoms with Crippen molar-refractivity contribution in [3.05, 3.63) is 34.3 Å². The van der Waals surface area contributed by atoms with Gasteiger partial charge in [-0.3, -0.25) is 11.3 Å². The number of amides is 1. The molecule has 2 unspecified atom stereocenters. The molecule has 1 fully saturated rings. The van der Waals surface area contributed by atoms with Crippen molar-refractivity contribution in [3.63, 3.8) is 0 Å². The Labute approximate surface area is 146 Å². The number of rotatable bonds is 4. The van der Waals surface area contributed by atoms with E-state index in [0.29, 0.717) is 19.0 Å². The van der Waals surface area contributed by atoms with Crippen LogP contribution in [0.15, 0.2) is 28.7 Å². The normalized spacial score (nSPS) is 19.7. The fraction of sp³-hybridized carbons (Fsp3) is 0.588. The van der Waals surface area contributed by atoms with Crippen LogP contribution in [0.5, 0.6) is 0 Å². The van der Waals surface area contributed by atoms with Crippen molar-refractivity contribution in [1.82, 2.24) is 10.3 Å². The Morgan fingerprint density at radius 2 is 2.17 bits per heavy atom. The largest absolute Gasteiger partial charge is 0.444 e. The van der Waals surface area contributed by atoms with E-state index in [-0.39, 0.29) is 12.1 Å². The molecular formula is C17H26BrN3O2. The molecule has 1 aromatic carbocycles. The number of ether oxygens (including phenoxy) is 1. The number of hydrogen-bond acceptors (Lipinski definition) is 4. The minimum Gasteiger partial charge on any atom is -0.444 e. The number of nitrogens with zero attached hydrogens (tertiary/aromatic N) is 1. The van der Waals surface area contributed by atoms with Crippen LogP contribution in [0.1, 0.15) is 32.8 Å². The number of carbonyl (C=O) groups is 1. The summed E-state index contributed by atoms with van der Waals surface area (Å²) in [6.07, 6.45) is 1.51. The maximum absolute atomic E-state index is 12.2. The van der Waals surface area contributed by atoms with Crippen LogP contribution < -0.4 is 11.3 Å². The number of halogens is 1. The van der Waals surface area contributed by atoms with Gasteiger partial charge in [0.1, 0.15) is 5.60 Å². The van der Waals surface area contributed by atoms with Crippen LogP contribution in [0.3, 0.4) is 0 Å². The second-order valence-corrected chi connectivity index (χ2v) is 7.90. The van der Waals surface area contributed by atoms with E-state index in [9.17, 15) is 4.79 Å². The molecule has 5 nitrogen and oxygen atoms in total. The molecule has 6 heteroatoms. The molecule has 3 N–H and O–H groups in total. The molecule has 1 aromatic rings. The topological polar surface area (TPSA) is 67.6 Å². The van der Waals surface area contributed by atoms with Gasteiger partial charge in [-0.1, -0.05) is 34.1 Å². The van der Waals surface area contributed by atoms with Crippen LogP contribution >= 0.6 is 15.9 Å². The first-order valence-corrected chi connectivity index (χ1v) is 8.77. The average Bonchev–Trinajstić information content (AvgIpc) is 2.94. The van der Waals surface area contributed by atoms with Gasteiger partial charge in [-0.25, -0.2) is 4.79 Å².